The molecule has 0 spiro atoms. The highest BCUT2D eigenvalue weighted by Crippen LogP contribution is 2.23. The molecule has 3 nitrogen and oxygen atoms in total. The molecule has 1 heterocycles. The van der Waals surface area contributed by atoms with Crippen LogP contribution in [0, 0.1) is 0 Å². The van der Waals surface area contributed by atoms with Crippen molar-refractivity contribution in [1.82, 2.24) is 4.57 Å². The van der Waals surface area contributed by atoms with Crippen molar-refractivity contribution < 1.29 is 0 Å². The van der Waals surface area contributed by atoms with Crippen molar-refractivity contribution in [2.45, 2.75) is 0 Å². The molecule has 0 radical (unpaired) electrons. The normalized spacial score (nSPS) is 11.1. The van der Waals surface area contributed by atoms with Crippen molar-refractivity contribution in [3.05, 3.63) is 52.8 Å². The highest BCUT2D eigenvalue weighted by molar-refractivity contribution is 6.06. The molecule has 0 saturated heterocycles. The van der Waals surface area contributed by atoms with E-state index < -0.39 is 0 Å². The van der Waals surface area contributed by atoms with Gasteiger partial charge in [0, 0.05) is 23.5 Å². The van der Waals surface area contributed by atoms with Gasteiger partial charge in [-0.2, -0.15) is 0 Å². The molecule has 0 aliphatic carbocycles. The van der Waals surface area contributed by atoms with Gasteiger partial charge in [0.1, 0.15) is 0 Å². The van der Waals surface area contributed by atoms with Crippen molar-refractivity contribution >= 4 is 27.4 Å². The number of hydrogen-bond donors (Lipinski definition) is 1. The van der Waals surface area contributed by atoms with E-state index in [4.69, 9.17) is 5.73 Å². The lowest BCUT2D eigenvalue weighted by molar-refractivity contribution is 0.918. The summed E-state index contributed by atoms with van der Waals surface area (Å²) in [5, 5.41) is 2.68. The molecule has 2 N–H and O–H groups in total. The van der Waals surface area contributed by atoms with Crippen LogP contribution in [0.15, 0.2) is 47.3 Å². The number of nitrogens with two attached hydrogens (primary N) is 1. The Labute approximate surface area is 98.1 Å². The van der Waals surface area contributed by atoms with E-state index in [0.29, 0.717) is 11.1 Å². The van der Waals surface area contributed by atoms with E-state index in [2.05, 4.69) is 0 Å². The number of aromatic nitrogens is 1. The smallest absolute Gasteiger partial charge is 0.258 e. The summed E-state index contributed by atoms with van der Waals surface area (Å²) in [5.74, 6) is 0. The first-order valence-electron chi connectivity index (χ1n) is 5.45. The molecule has 3 aromatic rings. The van der Waals surface area contributed by atoms with E-state index in [9.17, 15) is 4.79 Å². The average molecular weight is 224 g/mol. The third-order valence-corrected chi connectivity index (χ3v) is 3.13. The first-order chi connectivity index (χ1) is 8.18. The number of aryl methyl sites for hydroxylation is 1. The predicted molar refractivity (Wildman–Crippen MR) is 71.1 cm³/mol. The van der Waals surface area contributed by atoms with Crippen LogP contribution in [0.1, 0.15) is 0 Å². The number of nitrogens with zero attached hydrogens (tertiary/aromatic N) is 1. The molecule has 3 heteroatoms. The molecule has 17 heavy (non-hydrogen) atoms. The summed E-state index contributed by atoms with van der Waals surface area (Å²) in [4.78, 5) is 12.2. The van der Waals surface area contributed by atoms with Crippen LogP contribution in [0.3, 0.4) is 0 Å². The van der Waals surface area contributed by atoms with E-state index in [1.807, 2.05) is 30.3 Å². The third-order valence-electron chi connectivity index (χ3n) is 3.13. The van der Waals surface area contributed by atoms with Gasteiger partial charge in [-0.15, -0.1) is 0 Å². The summed E-state index contributed by atoms with van der Waals surface area (Å²) in [6.07, 6.45) is 0. The second-order valence-electron chi connectivity index (χ2n) is 4.19. The number of rotatable bonds is 0. The van der Waals surface area contributed by atoms with Crippen molar-refractivity contribution in [3.63, 3.8) is 0 Å². The van der Waals surface area contributed by atoms with Crippen LogP contribution in [0.5, 0.6) is 0 Å². The van der Waals surface area contributed by atoms with Crippen molar-refractivity contribution in [1.29, 1.82) is 0 Å². The van der Waals surface area contributed by atoms with Crippen LogP contribution in [-0.2, 0) is 7.05 Å². The Balaban J connectivity index is 2.71. The molecule has 0 aliphatic heterocycles. The van der Waals surface area contributed by atoms with Gasteiger partial charge in [-0.3, -0.25) is 4.79 Å². The van der Waals surface area contributed by atoms with Gasteiger partial charge in [-0.1, -0.05) is 18.2 Å². The standard InChI is InChI=1S/C14H12N2O/c1-16-13-5-3-2-4-10(13)12-8-9(15)6-7-11(12)14(16)17/h2-8H,15H2,1H3. The summed E-state index contributed by atoms with van der Waals surface area (Å²) < 4.78 is 1.67. The topological polar surface area (TPSA) is 48.0 Å². The van der Waals surface area contributed by atoms with Crippen LogP contribution < -0.4 is 11.3 Å². The molecule has 3 rings (SSSR count). The van der Waals surface area contributed by atoms with E-state index in [-0.39, 0.29) is 5.56 Å². The van der Waals surface area contributed by atoms with Gasteiger partial charge in [0.25, 0.3) is 5.56 Å². The van der Waals surface area contributed by atoms with Crippen molar-refractivity contribution in [3.8, 4) is 0 Å². The number of fused-ring (bicyclic) bond motifs is 3. The minimum absolute atomic E-state index is 0.0127. The third kappa shape index (κ3) is 1.32. The lowest BCUT2D eigenvalue weighted by Gasteiger charge is -2.09. The van der Waals surface area contributed by atoms with Gasteiger partial charge < -0.3 is 10.3 Å². The number of anilines is 1. The number of para-hydroxylation sites is 1. The van der Waals surface area contributed by atoms with Crippen LogP contribution in [0.25, 0.3) is 21.7 Å². The summed E-state index contributed by atoms with van der Waals surface area (Å²) in [6, 6.07) is 13.3. The summed E-state index contributed by atoms with van der Waals surface area (Å²) in [7, 11) is 1.79. The Hall–Kier alpha value is -2.29. The van der Waals surface area contributed by atoms with Crippen molar-refractivity contribution in [2.75, 3.05) is 5.73 Å². The van der Waals surface area contributed by atoms with Gasteiger partial charge in [0.2, 0.25) is 0 Å². The zero-order valence-electron chi connectivity index (χ0n) is 9.47. The minimum atomic E-state index is 0.0127. The largest absolute Gasteiger partial charge is 0.399 e. The quantitative estimate of drug-likeness (QED) is 0.470. The minimum Gasteiger partial charge on any atom is -0.399 e. The maximum atomic E-state index is 12.2. The summed E-state index contributed by atoms with van der Waals surface area (Å²) >= 11 is 0. The Kier molecular flexibility index (Phi) is 1.95. The molecule has 0 saturated carbocycles. The molecule has 0 aliphatic rings. The van der Waals surface area contributed by atoms with E-state index in [0.717, 1.165) is 16.3 Å². The Bertz CT molecular complexity index is 787. The maximum absolute atomic E-state index is 12.2. The Morgan fingerprint density at radius 1 is 1.00 bits per heavy atom. The van der Waals surface area contributed by atoms with E-state index in [1.165, 1.54) is 0 Å². The van der Waals surface area contributed by atoms with Gasteiger partial charge >= 0.3 is 0 Å². The molecule has 0 fully saturated rings. The molecule has 1 aromatic heterocycles. The summed E-state index contributed by atoms with van der Waals surface area (Å²) in [5.41, 5.74) is 7.41. The first kappa shape index (κ1) is 9.90. The second-order valence-corrected chi connectivity index (χ2v) is 4.19. The van der Waals surface area contributed by atoms with Gasteiger partial charge in [0.15, 0.2) is 0 Å². The highest BCUT2D eigenvalue weighted by Gasteiger charge is 2.07. The van der Waals surface area contributed by atoms with Crippen LogP contribution in [0.4, 0.5) is 5.69 Å². The van der Waals surface area contributed by atoms with Gasteiger partial charge in [-0.25, -0.2) is 0 Å². The molecule has 0 amide bonds. The number of nitrogen functional groups attached to an aromatic ring is 1. The average Bonchev–Trinajstić information content (AvgIpc) is 2.36. The fourth-order valence-corrected chi connectivity index (χ4v) is 2.26. The molecule has 2 aromatic carbocycles. The van der Waals surface area contributed by atoms with Crippen LogP contribution in [-0.4, -0.2) is 4.57 Å². The monoisotopic (exact) mass is 224 g/mol. The van der Waals surface area contributed by atoms with Crippen LogP contribution in [0.2, 0.25) is 0 Å². The van der Waals surface area contributed by atoms with E-state index >= 15 is 0 Å². The second kappa shape index (κ2) is 3.35. The molecule has 0 bridgehead atoms. The first-order valence-corrected chi connectivity index (χ1v) is 5.45. The molecule has 0 atom stereocenters. The van der Waals surface area contributed by atoms with E-state index in [1.54, 1.807) is 23.7 Å². The fourth-order valence-electron chi connectivity index (χ4n) is 2.26. The summed E-state index contributed by atoms with van der Waals surface area (Å²) in [6.45, 7) is 0. The molecular formula is C14H12N2O. The fraction of sp³-hybridized carbons (Fsp3) is 0.0714. The predicted octanol–water partition coefficient (Wildman–Crippen LogP) is 2.27. The zero-order chi connectivity index (χ0) is 12.0. The Morgan fingerprint density at radius 2 is 1.76 bits per heavy atom. The highest BCUT2D eigenvalue weighted by atomic mass is 16.1. The lowest BCUT2D eigenvalue weighted by atomic mass is 10.1. The molecular weight excluding hydrogens is 212 g/mol. The van der Waals surface area contributed by atoms with Crippen LogP contribution >= 0.6 is 0 Å². The molecule has 0 unspecified atom stereocenters. The molecule has 84 valence electrons. The van der Waals surface area contributed by atoms with Gasteiger partial charge in [-0.05, 0) is 29.7 Å². The number of hydrogen-bond acceptors (Lipinski definition) is 2. The zero-order valence-corrected chi connectivity index (χ0v) is 9.47. The number of benzene rings is 2. The van der Waals surface area contributed by atoms with Crippen molar-refractivity contribution in [2.24, 2.45) is 7.05 Å². The number of pyridine rings is 1. The lowest BCUT2D eigenvalue weighted by Crippen LogP contribution is -2.17. The Morgan fingerprint density at radius 3 is 2.59 bits per heavy atom. The van der Waals surface area contributed by atoms with Gasteiger partial charge in [0.05, 0.1) is 5.52 Å². The maximum Gasteiger partial charge on any atom is 0.258 e. The SMILES string of the molecule is Cn1c(=O)c2ccc(N)cc2c2ccccc21.